The predicted molar refractivity (Wildman–Crippen MR) is 75.4 cm³/mol. The summed E-state index contributed by atoms with van der Waals surface area (Å²) >= 11 is 0. The molecule has 5 heteroatoms. The number of nitrogens with one attached hydrogen (secondary N) is 1. The Labute approximate surface area is 119 Å². The van der Waals surface area contributed by atoms with Crippen LogP contribution in [-0.4, -0.2) is 37.4 Å². The lowest BCUT2D eigenvalue weighted by Crippen LogP contribution is -2.34. The van der Waals surface area contributed by atoms with Gasteiger partial charge in [-0.25, -0.2) is 4.39 Å². The Balaban J connectivity index is 2.58. The molecule has 0 aliphatic heterocycles. The molecule has 1 aromatic carbocycles. The van der Waals surface area contributed by atoms with Gasteiger partial charge in [0.2, 0.25) is 0 Å². The van der Waals surface area contributed by atoms with Gasteiger partial charge < -0.3 is 15.2 Å². The zero-order valence-electron chi connectivity index (χ0n) is 12.0. The molecule has 0 radical (unpaired) electrons. The van der Waals surface area contributed by atoms with Crippen LogP contribution < -0.4 is 5.32 Å². The third kappa shape index (κ3) is 6.12. The van der Waals surface area contributed by atoms with Crippen molar-refractivity contribution in [2.24, 2.45) is 0 Å². The van der Waals surface area contributed by atoms with E-state index in [1.54, 1.807) is 26.2 Å². The highest BCUT2D eigenvalue weighted by Gasteiger charge is 2.13. The van der Waals surface area contributed by atoms with E-state index in [1.165, 1.54) is 6.07 Å². The summed E-state index contributed by atoms with van der Waals surface area (Å²) < 4.78 is 18.2. The van der Waals surface area contributed by atoms with E-state index in [0.29, 0.717) is 25.1 Å². The normalized spacial score (nSPS) is 12.3. The van der Waals surface area contributed by atoms with Gasteiger partial charge in [-0.05, 0) is 43.5 Å². The van der Waals surface area contributed by atoms with Crippen LogP contribution in [0.1, 0.15) is 24.0 Å². The molecule has 0 bridgehead atoms. The Bertz CT molecular complexity index is 437. The smallest absolute Gasteiger partial charge is 0.304 e. The molecule has 0 aliphatic rings. The number of carboxylic acids is 1. The minimum absolute atomic E-state index is 0.0450. The molecule has 20 heavy (non-hydrogen) atoms. The molecule has 0 amide bonds. The number of halogens is 1. The Hall–Kier alpha value is -1.46. The second-order valence-electron chi connectivity index (χ2n) is 4.88. The third-order valence-corrected chi connectivity index (χ3v) is 3.08. The van der Waals surface area contributed by atoms with E-state index in [-0.39, 0.29) is 18.3 Å². The summed E-state index contributed by atoms with van der Waals surface area (Å²) in [6.45, 7) is 3.05. The van der Waals surface area contributed by atoms with Gasteiger partial charge in [0.15, 0.2) is 0 Å². The first kappa shape index (κ1) is 16.6. The molecule has 1 aromatic rings. The van der Waals surface area contributed by atoms with Gasteiger partial charge in [0.1, 0.15) is 5.82 Å². The van der Waals surface area contributed by atoms with Gasteiger partial charge in [-0.1, -0.05) is 12.1 Å². The number of rotatable bonds is 9. The molecule has 0 saturated carbocycles. The fourth-order valence-electron chi connectivity index (χ4n) is 2.07. The lowest BCUT2D eigenvalue weighted by Gasteiger charge is -2.17. The van der Waals surface area contributed by atoms with Gasteiger partial charge in [0, 0.05) is 19.8 Å². The Kier molecular flexibility index (Phi) is 7.18. The van der Waals surface area contributed by atoms with Crippen LogP contribution in [0.3, 0.4) is 0 Å². The number of aryl methyl sites for hydroxylation is 1. The maximum Gasteiger partial charge on any atom is 0.304 e. The van der Waals surface area contributed by atoms with Gasteiger partial charge in [-0.15, -0.1) is 0 Å². The Morgan fingerprint density at radius 3 is 2.85 bits per heavy atom. The summed E-state index contributed by atoms with van der Waals surface area (Å²) in [4.78, 5) is 10.9. The number of carbonyl (C=O) groups is 1. The van der Waals surface area contributed by atoms with Crippen LogP contribution >= 0.6 is 0 Å². The van der Waals surface area contributed by atoms with E-state index in [9.17, 15) is 9.18 Å². The van der Waals surface area contributed by atoms with Crippen molar-refractivity contribution in [3.05, 3.63) is 35.1 Å². The first-order chi connectivity index (χ1) is 9.52. The van der Waals surface area contributed by atoms with Crippen LogP contribution in [0.5, 0.6) is 0 Å². The molecular formula is C15H22FNO3. The van der Waals surface area contributed by atoms with Crippen molar-refractivity contribution in [2.75, 3.05) is 20.3 Å². The highest BCUT2D eigenvalue weighted by Crippen LogP contribution is 2.12. The fourth-order valence-corrected chi connectivity index (χ4v) is 2.07. The third-order valence-electron chi connectivity index (χ3n) is 3.08. The second kappa shape index (κ2) is 8.66. The predicted octanol–water partition coefficient (Wildman–Crippen LogP) is 2.15. The number of ether oxygens (including phenoxy) is 1. The zero-order chi connectivity index (χ0) is 15.0. The van der Waals surface area contributed by atoms with Crippen molar-refractivity contribution in [3.8, 4) is 0 Å². The number of aliphatic carboxylic acids is 1. The first-order valence-electron chi connectivity index (χ1n) is 6.72. The van der Waals surface area contributed by atoms with Crippen LogP contribution in [-0.2, 0) is 16.0 Å². The molecule has 1 rings (SSSR count). The standard InChI is InChI=1S/C15H22FNO3/c1-11-8-12(4-5-14(11)16)9-13(10-15(18)19)17-6-3-7-20-2/h4-5,8,13,17H,3,6-7,9-10H2,1-2H3,(H,18,19). The quantitative estimate of drug-likeness (QED) is 0.682. The lowest BCUT2D eigenvalue weighted by atomic mass is 10.0. The first-order valence-corrected chi connectivity index (χ1v) is 6.72. The summed E-state index contributed by atoms with van der Waals surface area (Å²) in [7, 11) is 1.63. The molecule has 1 unspecified atom stereocenters. The van der Waals surface area contributed by atoms with Crippen molar-refractivity contribution in [1.29, 1.82) is 0 Å². The molecule has 4 nitrogen and oxygen atoms in total. The highest BCUT2D eigenvalue weighted by molar-refractivity contribution is 5.67. The molecule has 0 fully saturated rings. The summed E-state index contributed by atoms with van der Waals surface area (Å²) in [6.07, 6.45) is 1.44. The van der Waals surface area contributed by atoms with Crippen molar-refractivity contribution in [3.63, 3.8) is 0 Å². The lowest BCUT2D eigenvalue weighted by molar-refractivity contribution is -0.137. The van der Waals surface area contributed by atoms with E-state index in [0.717, 1.165) is 12.0 Å². The number of carboxylic acid groups (broad SMARTS) is 1. The molecule has 1 atom stereocenters. The van der Waals surface area contributed by atoms with E-state index < -0.39 is 5.97 Å². The molecule has 112 valence electrons. The number of hydrogen-bond donors (Lipinski definition) is 2. The average Bonchev–Trinajstić information content (AvgIpc) is 2.38. The minimum atomic E-state index is -0.840. The molecular weight excluding hydrogens is 261 g/mol. The van der Waals surface area contributed by atoms with E-state index in [1.807, 2.05) is 0 Å². The largest absolute Gasteiger partial charge is 0.481 e. The fraction of sp³-hybridized carbons (Fsp3) is 0.533. The SMILES string of the molecule is COCCCNC(CC(=O)O)Cc1ccc(F)c(C)c1. The van der Waals surface area contributed by atoms with Gasteiger partial charge >= 0.3 is 5.97 Å². The topological polar surface area (TPSA) is 58.6 Å². The number of hydrogen-bond acceptors (Lipinski definition) is 3. The number of benzene rings is 1. The van der Waals surface area contributed by atoms with Gasteiger partial charge in [-0.2, -0.15) is 0 Å². The molecule has 0 heterocycles. The van der Waals surface area contributed by atoms with E-state index in [2.05, 4.69) is 5.32 Å². The minimum Gasteiger partial charge on any atom is -0.481 e. The maximum absolute atomic E-state index is 13.2. The van der Waals surface area contributed by atoms with Crippen LogP contribution in [0.2, 0.25) is 0 Å². The molecule has 0 saturated heterocycles. The van der Waals surface area contributed by atoms with Crippen molar-refractivity contribution < 1.29 is 19.0 Å². The van der Waals surface area contributed by atoms with Gasteiger partial charge in [0.05, 0.1) is 6.42 Å². The Morgan fingerprint density at radius 2 is 2.25 bits per heavy atom. The summed E-state index contributed by atoms with van der Waals surface area (Å²) in [5.41, 5.74) is 1.52. The molecule has 2 N–H and O–H groups in total. The van der Waals surface area contributed by atoms with E-state index in [4.69, 9.17) is 9.84 Å². The van der Waals surface area contributed by atoms with Crippen molar-refractivity contribution in [2.45, 2.75) is 32.2 Å². The second-order valence-corrected chi connectivity index (χ2v) is 4.88. The molecule has 0 aliphatic carbocycles. The van der Waals surface area contributed by atoms with Crippen LogP contribution in [0.25, 0.3) is 0 Å². The van der Waals surface area contributed by atoms with Crippen LogP contribution in [0.4, 0.5) is 4.39 Å². The monoisotopic (exact) mass is 283 g/mol. The van der Waals surface area contributed by atoms with Gasteiger partial charge in [0.25, 0.3) is 0 Å². The molecule has 0 spiro atoms. The summed E-state index contributed by atoms with van der Waals surface area (Å²) in [5.74, 6) is -1.08. The average molecular weight is 283 g/mol. The van der Waals surface area contributed by atoms with Crippen LogP contribution in [0.15, 0.2) is 18.2 Å². The molecule has 0 aromatic heterocycles. The van der Waals surface area contributed by atoms with Crippen molar-refractivity contribution in [1.82, 2.24) is 5.32 Å². The van der Waals surface area contributed by atoms with E-state index >= 15 is 0 Å². The van der Waals surface area contributed by atoms with Crippen LogP contribution in [0, 0.1) is 12.7 Å². The van der Waals surface area contributed by atoms with Gasteiger partial charge in [-0.3, -0.25) is 4.79 Å². The van der Waals surface area contributed by atoms with Crippen molar-refractivity contribution >= 4 is 5.97 Å². The zero-order valence-corrected chi connectivity index (χ0v) is 12.0. The summed E-state index contributed by atoms with van der Waals surface area (Å²) in [5, 5.41) is 12.2. The highest BCUT2D eigenvalue weighted by atomic mass is 19.1. The maximum atomic E-state index is 13.2. The number of methoxy groups -OCH3 is 1. The summed E-state index contributed by atoms with van der Waals surface area (Å²) in [6, 6.07) is 4.73. The Morgan fingerprint density at radius 1 is 1.50 bits per heavy atom.